The van der Waals surface area contributed by atoms with Crippen molar-refractivity contribution in [2.45, 2.75) is 13.3 Å². The molecule has 0 bridgehead atoms. The zero-order valence-corrected chi connectivity index (χ0v) is 17.7. The molecule has 2 aromatic rings. The van der Waals surface area contributed by atoms with Crippen molar-refractivity contribution in [1.29, 1.82) is 0 Å². The van der Waals surface area contributed by atoms with Gasteiger partial charge in [0, 0.05) is 18.5 Å². The van der Waals surface area contributed by atoms with E-state index in [0.29, 0.717) is 17.7 Å². The smallest absolute Gasteiger partial charge is 0.267 e. The molecule has 1 aliphatic rings. The van der Waals surface area contributed by atoms with Gasteiger partial charge in [-0.1, -0.05) is 29.8 Å². The molecule has 31 heavy (non-hydrogen) atoms. The molecule has 0 spiro atoms. The van der Waals surface area contributed by atoms with Gasteiger partial charge in [0.15, 0.2) is 0 Å². The van der Waals surface area contributed by atoms with Crippen LogP contribution in [0.15, 0.2) is 54.2 Å². The van der Waals surface area contributed by atoms with E-state index in [2.05, 4.69) is 10.6 Å². The van der Waals surface area contributed by atoms with Crippen molar-refractivity contribution >= 4 is 17.9 Å². The summed E-state index contributed by atoms with van der Waals surface area (Å²) in [7, 11) is 0. The highest BCUT2D eigenvalue weighted by Crippen LogP contribution is 2.09. The number of quaternary nitrogens is 1. The van der Waals surface area contributed by atoms with Crippen LogP contribution < -0.4 is 15.5 Å². The molecule has 0 unspecified atom stereocenters. The van der Waals surface area contributed by atoms with Crippen LogP contribution in [0, 0.1) is 12.7 Å². The number of rotatable bonds is 8. The van der Waals surface area contributed by atoms with Crippen LogP contribution in [0.1, 0.15) is 27.9 Å². The van der Waals surface area contributed by atoms with Crippen LogP contribution >= 0.6 is 0 Å². The van der Waals surface area contributed by atoms with Crippen LogP contribution in [0.2, 0.25) is 0 Å². The Kier molecular flexibility index (Phi) is 8.32. The summed E-state index contributed by atoms with van der Waals surface area (Å²) >= 11 is 0. The molecule has 0 atom stereocenters. The second-order valence-corrected chi connectivity index (χ2v) is 7.65. The van der Waals surface area contributed by atoms with Gasteiger partial charge in [0.2, 0.25) is 0 Å². The molecule has 7 heteroatoms. The fraction of sp³-hybridized carbons (Fsp3) is 0.333. The van der Waals surface area contributed by atoms with Gasteiger partial charge in [-0.05, 0) is 42.8 Å². The first-order valence-corrected chi connectivity index (χ1v) is 10.6. The third-order valence-electron chi connectivity index (χ3n) is 5.18. The summed E-state index contributed by atoms with van der Waals surface area (Å²) in [5.74, 6) is -1.11. The Bertz CT molecular complexity index is 905. The molecule has 3 N–H and O–H groups in total. The van der Waals surface area contributed by atoms with Crippen molar-refractivity contribution in [3.8, 4) is 0 Å². The quantitative estimate of drug-likeness (QED) is 0.441. The van der Waals surface area contributed by atoms with Crippen LogP contribution in [0.25, 0.3) is 6.08 Å². The number of ether oxygens (including phenoxy) is 1. The minimum Gasteiger partial charge on any atom is -0.370 e. The molecular weight excluding hydrogens is 397 g/mol. The molecule has 1 saturated heterocycles. The molecule has 0 aliphatic carbocycles. The predicted molar refractivity (Wildman–Crippen MR) is 117 cm³/mol. The minimum absolute atomic E-state index is 0.121. The molecule has 1 aliphatic heterocycles. The second kappa shape index (κ2) is 11.4. The topological polar surface area (TPSA) is 71.9 Å². The Morgan fingerprint density at radius 1 is 1.06 bits per heavy atom. The third-order valence-corrected chi connectivity index (χ3v) is 5.18. The Labute approximate surface area is 182 Å². The fourth-order valence-corrected chi connectivity index (χ4v) is 3.33. The Hall–Kier alpha value is -3.03. The number of morpholine rings is 1. The lowest BCUT2D eigenvalue weighted by Gasteiger charge is -2.23. The van der Waals surface area contributed by atoms with E-state index in [9.17, 15) is 14.0 Å². The molecule has 3 rings (SSSR count). The van der Waals surface area contributed by atoms with Gasteiger partial charge >= 0.3 is 0 Å². The molecule has 0 radical (unpaired) electrons. The number of nitrogens with one attached hydrogen (secondary N) is 3. The minimum atomic E-state index is -0.374. The lowest BCUT2D eigenvalue weighted by Crippen LogP contribution is -3.14. The first-order chi connectivity index (χ1) is 15.0. The zero-order chi connectivity index (χ0) is 22.1. The van der Waals surface area contributed by atoms with Gasteiger partial charge in [-0.15, -0.1) is 0 Å². The third kappa shape index (κ3) is 7.31. The fourth-order valence-electron chi connectivity index (χ4n) is 3.33. The maximum Gasteiger partial charge on any atom is 0.267 e. The summed E-state index contributed by atoms with van der Waals surface area (Å²) in [4.78, 5) is 26.9. The Balaban J connectivity index is 1.64. The first kappa shape index (κ1) is 22.7. The summed E-state index contributed by atoms with van der Waals surface area (Å²) in [5, 5.41) is 5.58. The number of hydrogen-bond donors (Lipinski definition) is 3. The summed E-state index contributed by atoms with van der Waals surface area (Å²) in [5.41, 5.74) is 2.24. The van der Waals surface area contributed by atoms with Crippen molar-refractivity contribution in [1.82, 2.24) is 10.6 Å². The van der Waals surface area contributed by atoms with Gasteiger partial charge in [-0.2, -0.15) is 0 Å². The molecule has 164 valence electrons. The van der Waals surface area contributed by atoms with Gasteiger partial charge < -0.3 is 20.3 Å². The lowest BCUT2D eigenvalue weighted by atomic mass is 10.1. The van der Waals surface area contributed by atoms with E-state index in [1.807, 2.05) is 19.1 Å². The molecule has 2 amide bonds. The Morgan fingerprint density at radius 2 is 1.74 bits per heavy atom. The highest BCUT2D eigenvalue weighted by molar-refractivity contribution is 6.05. The SMILES string of the molecule is Cc1ccc(C(=O)N/C(=C\c2ccc(F)cc2)C(=O)NCCC[NH+]2CCOCC2)cc1. The van der Waals surface area contributed by atoms with E-state index in [1.165, 1.54) is 17.0 Å². The number of carbonyl (C=O) groups is 2. The van der Waals surface area contributed by atoms with Gasteiger partial charge in [0.25, 0.3) is 11.8 Å². The second-order valence-electron chi connectivity index (χ2n) is 7.65. The van der Waals surface area contributed by atoms with E-state index < -0.39 is 0 Å². The summed E-state index contributed by atoms with van der Waals surface area (Å²) in [6.07, 6.45) is 2.38. The van der Waals surface area contributed by atoms with Crippen LogP contribution in [-0.4, -0.2) is 51.2 Å². The number of benzene rings is 2. The maximum atomic E-state index is 13.2. The standard InChI is InChI=1S/C24H28FN3O3/c1-18-3-7-20(8-4-18)23(29)27-22(17-19-5-9-21(25)10-6-19)24(30)26-11-2-12-28-13-15-31-16-14-28/h3-10,17H,2,11-16H2,1H3,(H,26,30)(H,27,29)/p+1/b22-17-. The molecule has 1 heterocycles. The molecular formula is C24H29FN3O3+. The summed E-state index contributed by atoms with van der Waals surface area (Å²) in [6.45, 7) is 6.91. The molecule has 0 aromatic heterocycles. The van der Waals surface area contributed by atoms with Crippen molar-refractivity contribution in [2.75, 3.05) is 39.4 Å². The highest BCUT2D eigenvalue weighted by Gasteiger charge is 2.16. The van der Waals surface area contributed by atoms with Crippen LogP contribution in [0.3, 0.4) is 0 Å². The molecule has 0 saturated carbocycles. The largest absolute Gasteiger partial charge is 0.370 e. The molecule has 1 fully saturated rings. The van der Waals surface area contributed by atoms with E-state index in [0.717, 1.165) is 44.8 Å². The van der Waals surface area contributed by atoms with Gasteiger partial charge in [0.1, 0.15) is 24.6 Å². The molecule has 6 nitrogen and oxygen atoms in total. The average molecular weight is 427 g/mol. The zero-order valence-electron chi connectivity index (χ0n) is 17.7. The van der Waals surface area contributed by atoms with E-state index in [-0.39, 0.29) is 23.3 Å². The number of aryl methyl sites for hydroxylation is 1. The number of hydrogen-bond acceptors (Lipinski definition) is 3. The van der Waals surface area contributed by atoms with Crippen LogP contribution in [0.4, 0.5) is 4.39 Å². The van der Waals surface area contributed by atoms with Crippen LogP contribution in [-0.2, 0) is 9.53 Å². The normalized spacial score (nSPS) is 14.8. The first-order valence-electron chi connectivity index (χ1n) is 10.6. The number of carbonyl (C=O) groups excluding carboxylic acids is 2. The van der Waals surface area contributed by atoms with Gasteiger partial charge in [0.05, 0.1) is 19.8 Å². The predicted octanol–water partition coefficient (Wildman–Crippen LogP) is 1.33. The number of amides is 2. The maximum absolute atomic E-state index is 13.2. The van der Waals surface area contributed by atoms with Crippen molar-refractivity contribution < 1.29 is 23.6 Å². The van der Waals surface area contributed by atoms with E-state index >= 15 is 0 Å². The van der Waals surface area contributed by atoms with E-state index in [1.54, 1.807) is 30.3 Å². The van der Waals surface area contributed by atoms with Crippen molar-refractivity contribution in [2.24, 2.45) is 0 Å². The van der Waals surface area contributed by atoms with Crippen molar-refractivity contribution in [3.63, 3.8) is 0 Å². The number of halogens is 1. The van der Waals surface area contributed by atoms with Gasteiger partial charge in [-0.3, -0.25) is 9.59 Å². The van der Waals surface area contributed by atoms with Crippen molar-refractivity contribution in [3.05, 3.63) is 76.7 Å². The lowest BCUT2D eigenvalue weighted by molar-refractivity contribution is -0.908. The highest BCUT2D eigenvalue weighted by atomic mass is 19.1. The van der Waals surface area contributed by atoms with Gasteiger partial charge in [-0.25, -0.2) is 4.39 Å². The Morgan fingerprint density at radius 3 is 2.42 bits per heavy atom. The average Bonchev–Trinajstić information content (AvgIpc) is 2.78. The van der Waals surface area contributed by atoms with Crippen LogP contribution in [0.5, 0.6) is 0 Å². The summed E-state index contributed by atoms with van der Waals surface area (Å²) in [6, 6.07) is 12.8. The van der Waals surface area contributed by atoms with E-state index in [4.69, 9.17) is 4.74 Å². The monoisotopic (exact) mass is 426 g/mol. The summed E-state index contributed by atoms with van der Waals surface area (Å²) < 4.78 is 18.6. The molecule has 2 aromatic carbocycles.